The smallest absolute Gasteiger partial charge is 0.408 e. The van der Waals surface area contributed by atoms with Crippen molar-refractivity contribution in [3.8, 4) is 11.8 Å². The Bertz CT molecular complexity index is 2540. The van der Waals surface area contributed by atoms with Crippen LogP contribution in [0.1, 0.15) is 58.6 Å². The Morgan fingerprint density at radius 2 is 1.54 bits per heavy atom. The van der Waals surface area contributed by atoms with Gasteiger partial charge in [0.05, 0.1) is 45.9 Å². The fraction of sp³-hybridized carbons (Fsp3) is 0.457. The number of alkyl carbamates (subject to hydrolysis) is 1. The van der Waals surface area contributed by atoms with Crippen LogP contribution in [0.15, 0.2) is 41.0 Å². The van der Waals surface area contributed by atoms with Gasteiger partial charge in [-0.05, 0) is 82.7 Å². The summed E-state index contributed by atoms with van der Waals surface area (Å²) in [4.78, 5) is 18.0. The Kier molecular flexibility index (Phi) is 12.6. The van der Waals surface area contributed by atoms with Crippen LogP contribution in [-0.4, -0.2) is 88.2 Å². The zero-order valence-electron chi connectivity index (χ0n) is 31.8. The first kappa shape index (κ1) is 45.4. The van der Waals surface area contributed by atoms with Crippen LogP contribution in [0.3, 0.4) is 0 Å². The molecule has 0 fully saturated rings. The Morgan fingerprint density at radius 3 is 2.05 bits per heavy atom. The number of nitrogens with one attached hydrogen (secondary N) is 1. The Hall–Kier alpha value is -4.26. The van der Waals surface area contributed by atoms with Crippen LogP contribution < -0.4 is 9.03 Å². The highest BCUT2D eigenvalue weighted by molar-refractivity contribution is 8.09. The molecule has 0 aliphatic carbocycles. The fourth-order valence-electron chi connectivity index (χ4n) is 5.71. The van der Waals surface area contributed by atoms with Gasteiger partial charge < -0.3 is 10.1 Å². The molecule has 0 saturated carbocycles. The number of carbonyl (C=O) groups excluding carboxylic acids is 1. The number of halogens is 6. The maximum Gasteiger partial charge on any atom is 0.408 e. The molecule has 2 aromatic carbocycles. The third-order valence-electron chi connectivity index (χ3n) is 8.25. The molecule has 312 valence electrons. The number of hydrogen-bond donors (Lipinski definition) is 1. The Labute approximate surface area is 332 Å². The summed E-state index contributed by atoms with van der Waals surface area (Å²) in [5.74, 6) is 2.49. The van der Waals surface area contributed by atoms with Crippen LogP contribution in [0.25, 0.3) is 16.5 Å². The van der Waals surface area contributed by atoms with Crippen LogP contribution in [0.2, 0.25) is 5.02 Å². The molecule has 0 saturated heterocycles. The molecule has 0 unspecified atom stereocenters. The van der Waals surface area contributed by atoms with Gasteiger partial charge in [-0.3, -0.25) is 4.68 Å². The molecule has 1 aromatic heterocycles. The number of benzene rings is 2. The summed E-state index contributed by atoms with van der Waals surface area (Å²) >= 11 is 6.51. The van der Waals surface area contributed by atoms with Gasteiger partial charge in [-0.15, -0.1) is 3.71 Å². The summed E-state index contributed by atoms with van der Waals surface area (Å²) in [6.45, 7) is 5.53. The number of ether oxygens (including phenoxy) is 1. The summed E-state index contributed by atoms with van der Waals surface area (Å²) in [6.07, 6.45) is -4.66. The topological polar surface area (TPSA) is 174 Å². The van der Waals surface area contributed by atoms with Crippen LogP contribution in [0, 0.1) is 23.5 Å². The number of anilines is 1. The van der Waals surface area contributed by atoms with Crippen molar-refractivity contribution in [3.05, 3.63) is 63.8 Å². The van der Waals surface area contributed by atoms with E-state index in [0.717, 1.165) is 18.4 Å². The number of sulfonamides is 2. The summed E-state index contributed by atoms with van der Waals surface area (Å²) in [5.41, 5.74) is -1.67. The van der Waals surface area contributed by atoms with Crippen LogP contribution >= 0.6 is 11.6 Å². The molecule has 3 aromatic rings. The number of carbonyl (C=O) groups is 1. The molecular formula is C35H39ClF5N5O8S3. The minimum Gasteiger partial charge on any atom is -0.444 e. The number of nitrogens with zero attached hydrogens (tertiary/aromatic N) is 4. The molecule has 1 N–H and O–H groups in total. The van der Waals surface area contributed by atoms with E-state index in [-0.39, 0.29) is 49.7 Å². The molecule has 1 amide bonds. The number of amides is 1. The molecule has 0 radical (unpaired) electrons. The number of rotatable bonds is 10. The highest BCUT2D eigenvalue weighted by atomic mass is 35.5. The average Bonchev–Trinajstić information content (AvgIpc) is 3.33. The normalized spacial score (nSPS) is 15.2. The molecule has 1 atom stereocenters. The first-order valence-electron chi connectivity index (χ1n) is 16.7. The van der Waals surface area contributed by atoms with E-state index in [1.165, 1.54) is 26.0 Å². The van der Waals surface area contributed by atoms with Crippen molar-refractivity contribution >= 4 is 75.6 Å². The first-order valence-corrected chi connectivity index (χ1v) is 22.7. The van der Waals surface area contributed by atoms with Crippen molar-refractivity contribution < 1.29 is 56.7 Å². The summed E-state index contributed by atoms with van der Waals surface area (Å²) in [5, 5.41) is 5.56. The van der Waals surface area contributed by atoms with E-state index in [1.807, 2.05) is 0 Å². The molecule has 57 heavy (non-hydrogen) atoms. The van der Waals surface area contributed by atoms with E-state index in [1.54, 1.807) is 20.8 Å². The Morgan fingerprint density at radius 1 is 0.965 bits per heavy atom. The van der Waals surface area contributed by atoms with Gasteiger partial charge in [-0.25, -0.2) is 43.8 Å². The van der Waals surface area contributed by atoms with Gasteiger partial charge in [0.1, 0.15) is 28.5 Å². The predicted octanol–water partition coefficient (Wildman–Crippen LogP) is 6.16. The SMILES string of the molecule is CC(C)(C)OC(=O)N[C@@H](Cc1cc(F)cc(F)c1)C1=C(c2ccc(Cl)c3c(N(S(C)(=O)=O)S(C)(=O)=O)nn(CC(F)(F)F)c23)CCC(C#CC(C)(C)S(C)(=O)=O)=N1. The molecule has 22 heteroatoms. The number of fused-ring (bicyclic) bond motifs is 1. The first-order chi connectivity index (χ1) is 25.8. The second-order valence-corrected chi connectivity index (χ2v) is 21.6. The summed E-state index contributed by atoms with van der Waals surface area (Å²) < 4.78 is 152. The number of sulfone groups is 1. The summed E-state index contributed by atoms with van der Waals surface area (Å²) in [7, 11) is -13.3. The lowest BCUT2D eigenvalue weighted by Gasteiger charge is -2.28. The standard InChI is InChI=1S/C35H39ClF5N5O8S3/c1-33(2,3)54-32(47)43-27(17-20-15-21(37)18-22(38)16-20)29-24(10-9-23(42-29)13-14-34(4,5)55(6,48)49)25-11-12-26(36)28-30(25)45(19-35(39,40)41)44-31(28)46(56(7,50)51)57(8,52)53/h11-12,15-16,18,27H,9-10,17,19H2,1-8H3,(H,43,47)/t27-/m0/s1. The monoisotopic (exact) mass is 883 g/mol. The van der Waals surface area contributed by atoms with Gasteiger partial charge in [0.2, 0.25) is 20.0 Å². The average molecular weight is 884 g/mol. The molecular weight excluding hydrogens is 845 g/mol. The number of allylic oxidation sites excluding steroid dienone is 1. The van der Waals surface area contributed by atoms with E-state index < -0.39 is 99.9 Å². The third kappa shape index (κ3) is 11.2. The molecule has 1 aliphatic rings. The van der Waals surface area contributed by atoms with Crippen LogP contribution in [0.4, 0.5) is 32.6 Å². The lowest BCUT2D eigenvalue weighted by molar-refractivity contribution is -0.141. The van der Waals surface area contributed by atoms with Crippen molar-refractivity contribution in [2.45, 2.75) is 83.0 Å². The molecule has 4 rings (SSSR count). The quantitative estimate of drug-likeness (QED) is 0.185. The van der Waals surface area contributed by atoms with Crippen molar-refractivity contribution in [1.29, 1.82) is 0 Å². The van der Waals surface area contributed by atoms with Gasteiger partial charge in [-0.2, -0.15) is 18.3 Å². The van der Waals surface area contributed by atoms with E-state index >= 15 is 0 Å². The second-order valence-electron chi connectivity index (χ2n) is 14.8. The zero-order chi connectivity index (χ0) is 43.3. The minimum absolute atomic E-state index is 0.00498. The van der Waals surface area contributed by atoms with Crippen molar-refractivity contribution in [2.24, 2.45) is 4.99 Å². The Balaban J connectivity index is 2.19. The van der Waals surface area contributed by atoms with E-state index in [2.05, 4.69) is 27.2 Å². The maximum absolute atomic E-state index is 14.5. The van der Waals surface area contributed by atoms with Crippen molar-refractivity contribution in [3.63, 3.8) is 0 Å². The van der Waals surface area contributed by atoms with Crippen LogP contribution in [-0.2, 0) is 47.6 Å². The highest BCUT2D eigenvalue weighted by Gasteiger charge is 2.38. The van der Waals surface area contributed by atoms with Gasteiger partial charge >= 0.3 is 12.3 Å². The molecule has 0 bridgehead atoms. The van der Waals surface area contributed by atoms with Crippen molar-refractivity contribution in [1.82, 2.24) is 15.1 Å². The maximum atomic E-state index is 14.5. The molecule has 0 spiro atoms. The van der Waals surface area contributed by atoms with Gasteiger partial charge in [0.25, 0.3) is 0 Å². The zero-order valence-corrected chi connectivity index (χ0v) is 35.0. The van der Waals surface area contributed by atoms with Gasteiger partial charge in [0, 0.05) is 24.3 Å². The van der Waals surface area contributed by atoms with Gasteiger partial charge in [-0.1, -0.05) is 23.6 Å². The van der Waals surface area contributed by atoms with Crippen LogP contribution in [0.5, 0.6) is 0 Å². The van der Waals surface area contributed by atoms with E-state index in [4.69, 9.17) is 16.3 Å². The second kappa shape index (κ2) is 15.8. The lowest BCUT2D eigenvalue weighted by atomic mass is 9.89. The molecule has 13 nitrogen and oxygen atoms in total. The largest absolute Gasteiger partial charge is 0.444 e. The summed E-state index contributed by atoms with van der Waals surface area (Å²) in [6, 6.07) is 3.61. The van der Waals surface area contributed by atoms with E-state index in [9.17, 15) is 52.0 Å². The van der Waals surface area contributed by atoms with Crippen molar-refractivity contribution in [2.75, 3.05) is 22.5 Å². The number of hydrogen-bond acceptors (Lipinski definition) is 10. The minimum atomic E-state index is -5.00. The van der Waals surface area contributed by atoms with Gasteiger partial charge in [0.15, 0.2) is 15.7 Å². The fourth-order valence-corrected chi connectivity index (χ4v) is 9.04. The third-order valence-corrected chi connectivity index (χ3v) is 13.7. The number of aromatic nitrogens is 2. The predicted molar refractivity (Wildman–Crippen MR) is 206 cm³/mol. The molecule has 1 aliphatic heterocycles. The number of aliphatic imine (C=N–C) groups is 1. The lowest BCUT2D eigenvalue weighted by Crippen LogP contribution is -2.42. The number of alkyl halides is 3. The van der Waals surface area contributed by atoms with E-state index in [0.29, 0.717) is 23.3 Å². The highest BCUT2D eigenvalue weighted by Crippen LogP contribution is 2.43. The molecule has 2 heterocycles.